The highest BCUT2D eigenvalue weighted by Gasteiger charge is 2.21. The molecule has 0 aliphatic heterocycles. The molecule has 2 heterocycles. The van der Waals surface area contributed by atoms with Crippen LogP contribution in [0.3, 0.4) is 0 Å². The minimum atomic E-state index is -0.303. The van der Waals surface area contributed by atoms with E-state index in [1.54, 1.807) is 30.4 Å². The Hall–Kier alpha value is -1.54. The zero-order chi connectivity index (χ0) is 13.7. The predicted octanol–water partition coefficient (Wildman–Crippen LogP) is 0.526. The molecule has 0 radical (unpaired) electrons. The molecule has 0 aliphatic rings. The van der Waals surface area contributed by atoms with Gasteiger partial charge in [0.15, 0.2) is 0 Å². The number of aromatic nitrogens is 4. The van der Waals surface area contributed by atoms with Crippen LogP contribution >= 0.6 is 11.6 Å². The average Bonchev–Trinajstić information content (AvgIpc) is 2.80. The average molecular weight is 283 g/mol. The molecular weight excluding hydrogens is 268 g/mol. The molecule has 2 rings (SSSR count). The number of nitrogens with zero attached hydrogens (tertiary/aromatic N) is 4. The molecule has 0 fully saturated rings. The van der Waals surface area contributed by atoms with Gasteiger partial charge in [0.05, 0.1) is 42.3 Å². The van der Waals surface area contributed by atoms with Crippen molar-refractivity contribution in [3.8, 4) is 0 Å². The standard InChI is InChI=1S/C11H15ClN6O/c1-19-5-4-18-11(9(12)7-16-18)10(17-13)8-2-3-14-15-6-8/h2-3,6-7,10,17H,4-5,13H2,1H3. The second-order valence-corrected chi connectivity index (χ2v) is 4.28. The highest BCUT2D eigenvalue weighted by molar-refractivity contribution is 6.31. The lowest BCUT2D eigenvalue weighted by Gasteiger charge is -2.18. The number of nitrogens with two attached hydrogens (primary N) is 1. The van der Waals surface area contributed by atoms with Crippen LogP contribution < -0.4 is 11.3 Å². The van der Waals surface area contributed by atoms with Crippen LogP contribution in [0.1, 0.15) is 17.3 Å². The number of hydrazine groups is 1. The lowest BCUT2D eigenvalue weighted by molar-refractivity contribution is 0.182. The van der Waals surface area contributed by atoms with Crippen molar-refractivity contribution in [1.29, 1.82) is 0 Å². The summed E-state index contributed by atoms with van der Waals surface area (Å²) in [6.07, 6.45) is 4.82. The van der Waals surface area contributed by atoms with E-state index in [1.165, 1.54) is 0 Å². The molecule has 19 heavy (non-hydrogen) atoms. The van der Waals surface area contributed by atoms with Gasteiger partial charge < -0.3 is 4.74 Å². The number of ether oxygens (including phenoxy) is 1. The Balaban J connectivity index is 2.35. The van der Waals surface area contributed by atoms with Crippen LogP contribution in [0.25, 0.3) is 0 Å². The maximum atomic E-state index is 6.19. The summed E-state index contributed by atoms with van der Waals surface area (Å²) in [6, 6.07) is 1.52. The van der Waals surface area contributed by atoms with Crippen LogP contribution in [-0.4, -0.2) is 33.7 Å². The fourth-order valence-electron chi connectivity index (χ4n) is 1.82. The molecule has 0 aromatic carbocycles. The largest absolute Gasteiger partial charge is 0.383 e. The number of methoxy groups -OCH3 is 1. The summed E-state index contributed by atoms with van der Waals surface area (Å²) in [5.74, 6) is 5.63. The van der Waals surface area contributed by atoms with Gasteiger partial charge in [-0.05, 0) is 11.6 Å². The molecule has 0 bridgehead atoms. The van der Waals surface area contributed by atoms with Gasteiger partial charge in [-0.3, -0.25) is 10.5 Å². The van der Waals surface area contributed by atoms with Crippen molar-refractivity contribution in [3.63, 3.8) is 0 Å². The van der Waals surface area contributed by atoms with E-state index in [-0.39, 0.29) is 6.04 Å². The monoisotopic (exact) mass is 282 g/mol. The molecule has 0 saturated carbocycles. The zero-order valence-corrected chi connectivity index (χ0v) is 11.2. The van der Waals surface area contributed by atoms with E-state index in [0.717, 1.165) is 11.3 Å². The molecule has 0 saturated heterocycles. The molecular formula is C11H15ClN6O. The molecule has 1 unspecified atom stereocenters. The Kier molecular flexibility index (Phi) is 4.80. The first-order valence-electron chi connectivity index (χ1n) is 5.70. The quantitative estimate of drug-likeness (QED) is 0.593. The van der Waals surface area contributed by atoms with E-state index in [1.807, 2.05) is 6.07 Å². The maximum Gasteiger partial charge on any atom is 0.0909 e. The Morgan fingerprint density at radius 3 is 2.95 bits per heavy atom. The van der Waals surface area contributed by atoms with Crippen molar-refractivity contribution in [2.45, 2.75) is 12.6 Å². The molecule has 102 valence electrons. The van der Waals surface area contributed by atoms with Crippen molar-refractivity contribution in [1.82, 2.24) is 25.4 Å². The van der Waals surface area contributed by atoms with Gasteiger partial charge in [-0.1, -0.05) is 11.6 Å². The maximum absolute atomic E-state index is 6.19. The van der Waals surface area contributed by atoms with Crippen molar-refractivity contribution < 1.29 is 4.74 Å². The lowest BCUT2D eigenvalue weighted by Crippen LogP contribution is -2.31. The Morgan fingerprint density at radius 1 is 1.47 bits per heavy atom. The number of halogens is 1. The minimum absolute atomic E-state index is 0.303. The number of hydrogen-bond acceptors (Lipinski definition) is 6. The van der Waals surface area contributed by atoms with Gasteiger partial charge in [0.1, 0.15) is 0 Å². The molecule has 0 amide bonds. The molecule has 8 heteroatoms. The fraction of sp³-hybridized carbons (Fsp3) is 0.364. The first-order chi connectivity index (χ1) is 9.27. The van der Waals surface area contributed by atoms with E-state index in [0.29, 0.717) is 18.2 Å². The smallest absolute Gasteiger partial charge is 0.0909 e. The van der Waals surface area contributed by atoms with E-state index in [9.17, 15) is 0 Å². The number of rotatable bonds is 6. The minimum Gasteiger partial charge on any atom is -0.383 e. The van der Waals surface area contributed by atoms with Gasteiger partial charge in [-0.15, -0.1) is 0 Å². The summed E-state index contributed by atoms with van der Waals surface area (Å²) in [6.45, 7) is 1.13. The molecule has 7 nitrogen and oxygen atoms in total. The van der Waals surface area contributed by atoms with Crippen molar-refractivity contribution in [2.75, 3.05) is 13.7 Å². The van der Waals surface area contributed by atoms with Crippen molar-refractivity contribution in [3.05, 3.63) is 40.9 Å². The first kappa shape index (κ1) is 13.9. The van der Waals surface area contributed by atoms with Gasteiger partial charge >= 0.3 is 0 Å². The number of nitrogens with one attached hydrogen (secondary N) is 1. The highest BCUT2D eigenvalue weighted by Crippen LogP contribution is 2.27. The van der Waals surface area contributed by atoms with Crippen LogP contribution in [0.15, 0.2) is 24.7 Å². The van der Waals surface area contributed by atoms with Gasteiger partial charge in [0.2, 0.25) is 0 Å². The summed E-state index contributed by atoms with van der Waals surface area (Å²) in [5.41, 5.74) is 4.36. The predicted molar refractivity (Wildman–Crippen MR) is 70.3 cm³/mol. The second-order valence-electron chi connectivity index (χ2n) is 3.87. The van der Waals surface area contributed by atoms with Crippen LogP contribution in [0.2, 0.25) is 5.02 Å². The van der Waals surface area contributed by atoms with Crippen molar-refractivity contribution >= 4 is 11.6 Å². The van der Waals surface area contributed by atoms with E-state index < -0.39 is 0 Å². The van der Waals surface area contributed by atoms with Gasteiger partial charge in [0, 0.05) is 13.3 Å². The SMILES string of the molecule is COCCn1ncc(Cl)c1C(NN)c1ccnnc1. The summed E-state index contributed by atoms with van der Waals surface area (Å²) >= 11 is 6.19. The van der Waals surface area contributed by atoms with Crippen LogP contribution in [0, 0.1) is 0 Å². The molecule has 1 atom stereocenters. The van der Waals surface area contributed by atoms with Gasteiger partial charge in [-0.25, -0.2) is 5.43 Å². The highest BCUT2D eigenvalue weighted by atomic mass is 35.5. The van der Waals surface area contributed by atoms with Crippen LogP contribution in [0.4, 0.5) is 0 Å². The van der Waals surface area contributed by atoms with E-state index >= 15 is 0 Å². The van der Waals surface area contributed by atoms with E-state index in [4.69, 9.17) is 22.2 Å². The molecule has 0 spiro atoms. The Morgan fingerprint density at radius 2 is 2.32 bits per heavy atom. The van der Waals surface area contributed by atoms with Gasteiger partial charge in [0.25, 0.3) is 0 Å². The Labute approximate surface area is 115 Å². The summed E-state index contributed by atoms with van der Waals surface area (Å²) in [4.78, 5) is 0. The Bertz CT molecular complexity index is 517. The van der Waals surface area contributed by atoms with Crippen LogP contribution in [0.5, 0.6) is 0 Å². The normalized spacial score (nSPS) is 12.6. The molecule has 2 aromatic heterocycles. The van der Waals surface area contributed by atoms with Crippen LogP contribution in [-0.2, 0) is 11.3 Å². The lowest BCUT2D eigenvalue weighted by atomic mass is 10.1. The topological polar surface area (TPSA) is 90.9 Å². The van der Waals surface area contributed by atoms with E-state index in [2.05, 4.69) is 20.7 Å². The second kappa shape index (κ2) is 6.58. The fourth-order valence-corrected chi connectivity index (χ4v) is 2.07. The summed E-state index contributed by atoms with van der Waals surface area (Å²) in [5, 5.41) is 12.3. The van der Waals surface area contributed by atoms with Gasteiger partial charge in [-0.2, -0.15) is 15.3 Å². The third-order valence-electron chi connectivity index (χ3n) is 2.72. The molecule has 0 aliphatic carbocycles. The summed E-state index contributed by atoms with van der Waals surface area (Å²) < 4.78 is 6.81. The summed E-state index contributed by atoms with van der Waals surface area (Å²) in [7, 11) is 1.64. The van der Waals surface area contributed by atoms with Crippen molar-refractivity contribution in [2.24, 2.45) is 5.84 Å². The third kappa shape index (κ3) is 3.07. The molecule has 3 N–H and O–H groups in total. The third-order valence-corrected chi connectivity index (χ3v) is 3.01. The molecule has 2 aromatic rings. The zero-order valence-electron chi connectivity index (χ0n) is 10.5. The number of hydrogen-bond donors (Lipinski definition) is 2. The first-order valence-corrected chi connectivity index (χ1v) is 6.08.